The largest absolute Gasteiger partial charge is 0.393 e. The van der Waals surface area contributed by atoms with Gasteiger partial charge in [0.15, 0.2) is 0 Å². The van der Waals surface area contributed by atoms with Gasteiger partial charge in [0.1, 0.15) is 0 Å². The number of hydrogen-bond donors (Lipinski definition) is 3. The number of aliphatic hydroxyl groups excluding tert-OH is 2. The number of piperidine rings is 1. The molecule has 0 aromatic carbocycles. The summed E-state index contributed by atoms with van der Waals surface area (Å²) >= 11 is 0. The van der Waals surface area contributed by atoms with E-state index in [4.69, 9.17) is 0 Å². The van der Waals surface area contributed by atoms with Crippen LogP contribution in [-0.4, -0.2) is 57.7 Å². The van der Waals surface area contributed by atoms with E-state index in [-0.39, 0.29) is 0 Å². The summed E-state index contributed by atoms with van der Waals surface area (Å²) in [5.41, 5.74) is 2.66. The highest BCUT2D eigenvalue weighted by atomic mass is 16.3. The molecule has 1 saturated heterocycles. The molecule has 3 saturated carbocycles. The summed E-state index contributed by atoms with van der Waals surface area (Å²) in [5.74, 6) is 2.08. The zero-order valence-electron chi connectivity index (χ0n) is 20.0. The van der Waals surface area contributed by atoms with Crippen molar-refractivity contribution in [3.8, 4) is 0 Å². The van der Waals surface area contributed by atoms with Gasteiger partial charge in [0.2, 0.25) is 0 Å². The lowest BCUT2D eigenvalue weighted by Crippen LogP contribution is -2.48. The number of fused-ring (bicyclic) bond motifs is 1. The van der Waals surface area contributed by atoms with Crippen LogP contribution in [0.25, 0.3) is 0 Å². The molecule has 0 amide bonds. The van der Waals surface area contributed by atoms with E-state index in [9.17, 15) is 15.3 Å². The molecule has 4 nitrogen and oxygen atoms in total. The van der Waals surface area contributed by atoms with Crippen LogP contribution in [0, 0.1) is 23.2 Å². The zero-order valence-corrected chi connectivity index (χ0v) is 20.0. The maximum absolute atomic E-state index is 10.5. The zero-order chi connectivity index (χ0) is 22.2. The van der Waals surface area contributed by atoms with Gasteiger partial charge in [-0.25, -0.2) is 0 Å². The van der Waals surface area contributed by atoms with Crippen LogP contribution in [0.4, 0.5) is 0 Å². The van der Waals surface area contributed by atoms with Crippen molar-refractivity contribution in [1.82, 2.24) is 4.90 Å². The Balaban J connectivity index is 1.43. The van der Waals surface area contributed by atoms with Crippen molar-refractivity contribution < 1.29 is 15.3 Å². The Kier molecular flexibility index (Phi) is 7.03. The van der Waals surface area contributed by atoms with E-state index in [1.165, 1.54) is 37.7 Å². The molecule has 3 aliphatic carbocycles. The van der Waals surface area contributed by atoms with Crippen LogP contribution in [0.1, 0.15) is 85.0 Å². The molecule has 0 aromatic rings. The molecule has 176 valence electrons. The average Bonchev–Trinajstić information content (AvgIpc) is 3.02. The number of nitrogens with zero attached hydrogens (tertiary/aromatic N) is 1. The number of aliphatic hydroxyl groups is 3. The Hall–Kier alpha value is -0.680. The van der Waals surface area contributed by atoms with Gasteiger partial charge in [-0.05, 0) is 101 Å². The molecule has 7 atom stereocenters. The molecular formula is C27H45NO3. The molecule has 1 aliphatic heterocycles. The van der Waals surface area contributed by atoms with Gasteiger partial charge in [-0.1, -0.05) is 37.1 Å². The van der Waals surface area contributed by atoms with Gasteiger partial charge in [0.05, 0.1) is 17.8 Å². The molecule has 4 aliphatic rings. The summed E-state index contributed by atoms with van der Waals surface area (Å²) in [5, 5.41) is 30.5. The Bertz CT molecular complexity index is 687. The molecule has 0 aromatic heterocycles. The van der Waals surface area contributed by atoms with E-state index >= 15 is 0 Å². The predicted octanol–water partition coefficient (Wildman–Crippen LogP) is 4.44. The summed E-state index contributed by atoms with van der Waals surface area (Å²) in [6.07, 6.45) is 14.2. The minimum Gasteiger partial charge on any atom is -0.393 e. The van der Waals surface area contributed by atoms with Crippen molar-refractivity contribution in [2.45, 2.75) is 103 Å². The molecule has 31 heavy (non-hydrogen) atoms. The fourth-order valence-electron chi connectivity index (χ4n) is 7.76. The summed E-state index contributed by atoms with van der Waals surface area (Å²) in [4.78, 5) is 2.51. The van der Waals surface area contributed by atoms with Crippen LogP contribution < -0.4 is 0 Å². The van der Waals surface area contributed by atoms with E-state index in [1.54, 1.807) is 5.57 Å². The van der Waals surface area contributed by atoms with Gasteiger partial charge in [0.25, 0.3) is 0 Å². The van der Waals surface area contributed by atoms with E-state index in [2.05, 4.69) is 30.9 Å². The van der Waals surface area contributed by atoms with Gasteiger partial charge in [-0.15, -0.1) is 0 Å². The number of allylic oxidation sites excluding steroid dienone is 3. The van der Waals surface area contributed by atoms with Crippen molar-refractivity contribution in [2.24, 2.45) is 23.2 Å². The number of rotatable bonds is 4. The van der Waals surface area contributed by atoms with Crippen molar-refractivity contribution in [1.29, 1.82) is 0 Å². The first-order valence-electron chi connectivity index (χ1n) is 12.9. The predicted molar refractivity (Wildman–Crippen MR) is 126 cm³/mol. The molecule has 0 radical (unpaired) electrons. The Morgan fingerprint density at radius 2 is 1.81 bits per heavy atom. The second-order valence-corrected chi connectivity index (χ2v) is 11.9. The maximum Gasteiger partial charge on any atom is 0.0746 e. The van der Waals surface area contributed by atoms with Crippen molar-refractivity contribution in [2.75, 3.05) is 19.6 Å². The summed E-state index contributed by atoms with van der Waals surface area (Å²) in [7, 11) is 0. The fraction of sp³-hybridized carbons (Fsp3) is 0.852. The third-order valence-corrected chi connectivity index (χ3v) is 9.10. The van der Waals surface area contributed by atoms with Crippen LogP contribution in [0.5, 0.6) is 0 Å². The topological polar surface area (TPSA) is 63.9 Å². The Morgan fingerprint density at radius 1 is 1.06 bits per heavy atom. The molecule has 3 N–H and O–H groups in total. The molecule has 4 rings (SSSR count). The quantitative estimate of drug-likeness (QED) is 0.616. The van der Waals surface area contributed by atoms with Crippen LogP contribution in [0.3, 0.4) is 0 Å². The first-order chi connectivity index (χ1) is 14.7. The van der Waals surface area contributed by atoms with Crippen LogP contribution in [0.2, 0.25) is 0 Å². The number of hydrogen-bond acceptors (Lipinski definition) is 4. The van der Waals surface area contributed by atoms with Crippen molar-refractivity contribution >= 4 is 0 Å². The first kappa shape index (κ1) is 23.5. The van der Waals surface area contributed by atoms with Crippen molar-refractivity contribution in [3.63, 3.8) is 0 Å². The minimum absolute atomic E-state index is 0.381. The van der Waals surface area contributed by atoms with Crippen molar-refractivity contribution in [3.05, 3.63) is 23.3 Å². The van der Waals surface area contributed by atoms with E-state index in [0.29, 0.717) is 36.5 Å². The Morgan fingerprint density at radius 3 is 2.52 bits per heavy atom. The average molecular weight is 432 g/mol. The van der Waals surface area contributed by atoms with E-state index < -0.39 is 17.8 Å². The van der Waals surface area contributed by atoms with E-state index in [0.717, 1.165) is 38.4 Å². The highest BCUT2D eigenvalue weighted by Crippen LogP contribution is 2.59. The maximum atomic E-state index is 10.5. The molecule has 4 fully saturated rings. The molecule has 1 heterocycles. The second kappa shape index (κ2) is 9.29. The SMILES string of the molecule is CC(CN1CCC[C@](C)(O)C1)[C@H]1CC[C@H]2/C(=C/C=C3C[C@@H](O)C[C@H](O)C3)CCC[C@]12C. The molecule has 1 unspecified atom stereocenters. The number of likely N-dealkylation sites (tertiary alicyclic amines) is 1. The minimum atomic E-state index is -0.519. The van der Waals surface area contributed by atoms with Crippen LogP contribution in [0.15, 0.2) is 23.3 Å². The fourth-order valence-corrected chi connectivity index (χ4v) is 7.76. The van der Waals surface area contributed by atoms with E-state index in [1.807, 2.05) is 6.92 Å². The second-order valence-electron chi connectivity index (χ2n) is 11.9. The van der Waals surface area contributed by atoms with Gasteiger partial charge >= 0.3 is 0 Å². The smallest absolute Gasteiger partial charge is 0.0746 e. The van der Waals surface area contributed by atoms with Crippen LogP contribution in [-0.2, 0) is 0 Å². The normalized spacial score (nSPS) is 44.3. The monoisotopic (exact) mass is 431 g/mol. The summed E-state index contributed by atoms with van der Waals surface area (Å²) in [6, 6.07) is 0. The summed E-state index contributed by atoms with van der Waals surface area (Å²) in [6.45, 7) is 10.1. The molecule has 4 heteroatoms. The van der Waals surface area contributed by atoms with Gasteiger partial charge in [-0.3, -0.25) is 0 Å². The standard InChI is InChI=1S/C27H45NO3/c1-19(17-28-13-5-11-26(2,31)18-28)24-9-10-25-21(6-4-12-27(24,25)3)8-7-20-14-22(29)16-23(30)15-20/h7-8,19,22-25,29-31H,4-6,9-18H2,1-3H3/b21-8+/t19?,22-,23-,24-,25+,26+,27-/m1/s1. The van der Waals surface area contributed by atoms with Gasteiger partial charge in [-0.2, -0.15) is 0 Å². The lowest BCUT2D eigenvalue weighted by molar-refractivity contribution is -0.0262. The lowest BCUT2D eigenvalue weighted by atomic mass is 9.61. The highest BCUT2D eigenvalue weighted by molar-refractivity contribution is 5.26. The summed E-state index contributed by atoms with van der Waals surface area (Å²) < 4.78 is 0. The molecule has 0 spiro atoms. The first-order valence-corrected chi connectivity index (χ1v) is 12.9. The Labute approximate surface area is 189 Å². The molecule has 0 bridgehead atoms. The highest BCUT2D eigenvalue weighted by Gasteiger charge is 2.50. The van der Waals surface area contributed by atoms with Crippen LogP contribution >= 0.6 is 0 Å². The molecular weight excluding hydrogens is 386 g/mol. The number of β-amino-alcohol motifs (C(OH)–C–C–N with tert-alkyl or cyclic N) is 1. The van der Waals surface area contributed by atoms with Gasteiger partial charge < -0.3 is 20.2 Å². The third-order valence-electron chi connectivity index (χ3n) is 9.10. The lowest BCUT2D eigenvalue weighted by Gasteiger charge is -2.46. The van der Waals surface area contributed by atoms with Gasteiger partial charge in [0, 0.05) is 13.1 Å². The third kappa shape index (κ3) is 5.29.